The summed E-state index contributed by atoms with van der Waals surface area (Å²) < 4.78 is 0. The largest absolute Gasteiger partial charge is 0.384 e. The molecule has 5 heteroatoms. The molecule has 0 atom stereocenters. The number of aromatic nitrogens is 3. The van der Waals surface area contributed by atoms with Gasteiger partial charge in [0.15, 0.2) is 0 Å². The molecule has 2 aromatic rings. The molecular formula is C13H19N5. The molecule has 4 N–H and O–H groups in total. The molecule has 0 radical (unpaired) electrons. The van der Waals surface area contributed by atoms with Gasteiger partial charge in [0.2, 0.25) is 0 Å². The highest BCUT2D eigenvalue weighted by Gasteiger charge is 2.13. The summed E-state index contributed by atoms with van der Waals surface area (Å²) in [7, 11) is 0. The SMILES string of the molecule is CC(C)(C)c1ccc(NCc2cn[nH]c2N)nc1. The molecule has 0 aromatic carbocycles. The van der Waals surface area contributed by atoms with Crippen LogP contribution in [-0.4, -0.2) is 15.2 Å². The van der Waals surface area contributed by atoms with Gasteiger partial charge >= 0.3 is 0 Å². The molecule has 0 fully saturated rings. The van der Waals surface area contributed by atoms with Crippen LogP contribution in [-0.2, 0) is 12.0 Å². The van der Waals surface area contributed by atoms with Crippen molar-refractivity contribution in [2.24, 2.45) is 0 Å². The van der Waals surface area contributed by atoms with Crippen molar-refractivity contribution in [1.29, 1.82) is 0 Å². The highest BCUT2D eigenvalue weighted by atomic mass is 15.1. The van der Waals surface area contributed by atoms with Gasteiger partial charge in [-0.2, -0.15) is 5.10 Å². The number of nitrogen functional groups attached to an aromatic ring is 1. The van der Waals surface area contributed by atoms with E-state index in [0.29, 0.717) is 12.4 Å². The summed E-state index contributed by atoms with van der Waals surface area (Å²) in [5, 5.41) is 9.79. The normalized spacial score (nSPS) is 11.5. The molecule has 0 aliphatic heterocycles. The number of aromatic amines is 1. The van der Waals surface area contributed by atoms with Crippen molar-refractivity contribution in [3.05, 3.63) is 35.7 Å². The number of nitrogens with one attached hydrogen (secondary N) is 2. The molecule has 0 aliphatic carbocycles. The highest BCUT2D eigenvalue weighted by molar-refractivity contribution is 5.42. The number of anilines is 2. The molecule has 0 saturated carbocycles. The van der Waals surface area contributed by atoms with Crippen LogP contribution in [0, 0.1) is 0 Å². The van der Waals surface area contributed by atoms with Crippen LogP contribution in [0.15, 0.2) is 24.5 Å². The Morgan fingerprint density at radius 1 is 1.28 bits per heavy atom. The van der Waals surface area contributed by atoms with E-state index in [9.17, 15) is 0 Å². The first kappa shape index (κ1) is 12.4. The van der Waals surface area contributed by atoms with E-state index in [2.05, 4.69) is 47.3 Å². The van der Waals surface area contributed by atoms with E-state index in [0.717, 1.165) is 11.4 Å². The lowest BCUT2D eigenvalue weighted by Crippen LogP contribution is -2.11. The Labute approximate surface area is 107 Å². The second-order valence-corrected chi connectivity index (χ2v) is 5.34. The molecule has 2 aromatic heterocycles. The molecule has 0 amide bonds. The molecule has 18 heavy (non-hydrogen) atoms. The Morgan fingerprint density at radius 2 is 2.06 bits per heavy atom. The Balaban J connectivity index is 2.01. The summed E-state index contributed by atoms with van der Waals surface area (Å²) in [6.07, 6.45) is 3.62. The monoisotopic (exact) mass is 245 g/mol. The predicted molar refractivity (Wildman–Crippen MR) is 73.3 cm³/mol. The first-order valence-corrected chi connectivity index (χ1v) is 5.95. The van der Waals surface area contributed by atoms with Gasteiger partial charge < -0.3 is 11.1 Å². The molecule has 2 heterocycles. The van der Waals surface area contributed by atoms with Crippen LogP contribution >= 0.6 is 0 Å². The van der Waals surface area contributed by atoms with Gasteiger partial charge in [-0.25, -0.2) is 4.98 Å². The van der Waals surface area contributed by atoms with Gasteiger partial charge in [0.1, 0.15) is 11.6 Å². The fraction of sp³-hybridized carbons (Fsp3) is 0.385. The number of rotatable bonds is 3. The van der Waals surface area contributed by atoms with Crippen molar-refractivity contribution in [2.45, 2.75) is 32.7 Å². The predicted octanol–water partition coefficient (Wildman–Crippen LogP) is 2.30. The lowest BCUT2D eigenvalue weighted by molar-refractivity contribution is 0.587. The van der Waals surface area contributed by atoms with Gasteiger partial charge in [0, 0.05) is 18.3 Å². The van der Waals surface area contributed by atoms with Crippen LogP contribution < -0.4 is 11.1 Å². The van der Waals surface area contributed by atoms with Gasteiger partial charge in [-0.1, -0.05) is 26.8 Å². The Kier molecular flexibility index (Phi) is 3.23. The topological polar surface area (TPSA) is 79.6 Å². The fourth-order valence-corrected chi connectivity index (χ4v) is 1.59. The summed E-state index contributed by atoms with van der Waals surface area (Å²) >= 11 is 0. The summed E-state index contributed by atoms with van der Waals surface area (Å²) in [4.78, 5) is 4.39. The third kappa shape index (κ3) is 2.80. The molecule has 0 saturated heterocycles. The molecule has 5 nitrogen and oxygen atoms in total. The van der Waals surface area contributed by atoms with Gasteiger partial charge in [0.05, 0.1) is 6.20 Å². The third-order valence-electron chi connectivity index (χ3n) is 2.84. The summed E-state index contributed by atoms with van der Waals surface area (Å²) in [5.41, 5.74) is 7.99. The van der Waals surface area contributed by atoms with Crippen LogP contribution in [0.25, 0.3) is 0 Å². The number of hydrogen-bond acceptors (Lipinski definition) is 4. The van der Waals surface area contributed by atoms with E-state index >= 15 is 0 Å². The zero-order valence-corrected chi connectivity index (χ0v) is 11.0. The average Bonchev–Trinajstić information content (AvgIpc) is 2.72. The average molecular weight is 245 g/mol. The van der Waals surface area contributed by atoms with Crippen molar-refractivity contribution in [3.8, 4) is 0 Å². The van der Waals surface area contributed by atoms with E-state index in [-0.39, 0.29) is 5.41 Å². The quantitative estimate of drug-likeness (QED) is 0.775. The fourth-order valence-electron chi connectivity index (χ4n) is 1.59. The van der Waals surface area contributed by atoms with E-state index in [1.165, 1.54) is 5.56 Å². The Bertz CT molecular complexity index is 507. The Hall–Kier alpha value is -2.04. The lowest BCUT2D eigenvalue weighted by Gasteiger charge is -2.18. The maximum atomic E-state index is 5.71. The minimum absolute atomic E-state index is 0.126. The van der Waals surface area contributed by atoms with Crippen molar-refractivity contribution in [2.75, 3.05) is 11.1 Å². The van der Waals surface area contributed by atoms with Gasteiger partial charge in [-0.15, -0.1) is 0 Å². The summed E-state index contributed by atoms with van der Waals surface area (Å²) in [6.45, 7) is 7.13. The summed E-state index contributed by atoms with van der Waals surface area (Å²) in [6, 6.07) is 4.07. The van der Waals surface area contributed by atoms with E-state index in [4.69, 9.17) is 5.73 Å². The van der Waals surface area contributed by atoms with Crippen LogP contribution in [0.3, 0.4) is 0 Å². The smallest absolute Gasteiger partial charge is 0.126 e. The Morgan fingerprint density at radius 3 is 2.56 bits per heavy atom. The zero-order chi connectivity index (χ0) is 13.2. The first-order valence-electron chi connectivity index (χ1n) is 5.95. The van der Waals surface area contributed by atoms with Gasteiger partial charge in [-0.3, -0.25) is 5.10 Å². The molecule has 0 spiro atoms. The van der Waals surface area contributed by atoms with Crippen LogP contribution in [0.5, 0.6) is 0 Å². The van der Waals surface area contributed by atoms with Crippen LogP contribution in [0.4, 0.5) is 11.6 Å². The second kappa shape index (κ2) is 4.68. The van der Waals surface area contributed by atoms with Crippen molar-refractivity contribution in [3.63, 3.8) is 0 Å². The van der Waals surface area contributed by atoms with E-state index in [1.807, 2.05) is 12.3 Å². The van der Waals surface area contributed by atoms with Crippen LogP contribution in [0.2, 0.25) is 0 Å². The molecule has 0 bridgehead atoms. The van der Waals surface area contributed by atoms with Crippen molar-refractivity contribution in [1.82, 2.24) is 15.2 Å². The number of nitrogens with zero attached hydrogens (tertiary/aromatic N) is 2. The standard InChI is InChI=1S/C13H19N5/c1-13(2,3)10-4-5-11(16-8-10)15-6-9-7-17-18-12(9)14/h4-5,7-8H,6H2,1-3H3,(H,15,16)(H3,14,17,18). The first-order chi connectivity index (χ1) is 8.47. The number of pyridine rings is 1. The van der Waals surface area contributed by atoms with E-state index in [1.54, 1.807) is 6.20 Å². The number of hydrogen-bond donors (Lipinski definition) is 3. The lowest BCUT2D eigenvalue weighted by atomic mass is 9.88. The maximum absolute atomic E-state index is 5.71. The minimum atomic E-state index is 0.126. The molecule has 96 valence electrons. The maximum Gasteiger partial charge on any atom is 0.126 e. The van der Waals surface area contributed by atoms with Crippen molar-refractivity contribution < 1.29 is 0 Å². The van der Waals surface area contributed by atoms with Gasteiger partial charge in [-0.05, 0) is 17.0 Å². The van der Waals surface area contributed by atoms with Gasteiger partial charge in [0.25, 0.3) is 0 Å². The zero-order valence-electron chi connectivity index (χ0n) is 11.0. The molecule has 0 aliphatic rings. The highest BCUT2D eigenvalue weighted by Crippen LogP contribution is 2.22. The van der Waals surface area contributed by atoms with Crippen molar-refractivity contribution >= 4 is 11.6 Å². The second-order valence-electron chi connectivity index (χ2n) is 5.34. The molecule has 0 unspecified atom stereocenters. The minimum Gasteiger partial charge on any atom is -0.384 e. The third-order valence-corrected chi connectivity index (χ3v) is 2.84. The van der Waals surface area contributed by atoms with E-state index < -0.39 is 0 Å². The molecule has 2 rings (SSSR count). The summed E-state index contributed by atoms with van der Waals surface area (Å²) in [5.74, 6) is 1.43. The number of H-pyrrole nitrogens is 1. The number of nitrogens with two attached hydrogens (primary N) is 1. The van der Waals surface area contributed by atoms with Crippen LogP contribution in [0.1, 0.15) is 31.9 Å². The molecular weight excluding hydrogens is 226 g/mol.